The summed E-state index contributed by atoms with van der Waals surface area (Å²) in [6, 6.07) is 6.72. The normalized spacial score (nSPS) is 26.0. The van der Waals surface area contributed by atoms with Gasteiger partial charge in [-0.3, -0.25) is 9.59 Å². The molecule has 0 radical (unpaired) electrons. The highest BCUT2D eigenvalue weighted by atomic mass is 16.7. The summed E-state index contributed by atoms with van der Waals surface area (Å²) in [4.78, 5) is 22.3. The van der Waals surface area contributed by atoms with Crippen LogP contribution in [0.1, 0.15) is 23.7 Å². The first-order valence-electron chi connectivity index (χ1n) is 11.6. The average molecular weight is 551 g/mol. The quantitative estimate of drug-likeness (QED) is 0.130. The number of esters is 1. The number of carbonyl (C=O) groups is 2. The molecule has 0 amide bonds. The van der Waals surface area contributed by atoms with Gasteiger partial charge in [-0.15, -0.1) is 0 Å². The van der Waals surface area contributed by atoms with Crippen molar-refractivity contribution in [3.05, 3.63) is 47.2 Å². The fourth-order valence-electron chi connectivity index (χ4n) is 4.12. The van der Waals surface area contributed by atoms with Crippen LogP contribution in [-0.4, -0.2) is 96.8 Å². The monoisotopic (exact) mass is 551 g/mol. The Kier molecular flexibility index (Phi) is 8.01. The van der Waals surface area contributed by atoms with Crippen LogP contribution in [0.15, 0.2) is 36.1 Å². The molecule has 14 nitrogen and oxygen atoms in total. The smallest absolute Gasteiger partial charge is 0.317 e. The lowest BCUT2D eigenvalue weighted by Gasteiger charge is -2.40. The van der Waals surface area contributed by atoms with E-state index in [0.29, 0.717) is 5.56 Å². The molecule has 2 aliphatic rings. The average Bonchev–Trinajstić information content (AvgIpc) is 2.88. The number of phenols is 3. The second-order valence-corrected chi connectivity index (χ2v) is 8.79. The zero-order chi connectivity index (χ0) is 28.4. The van der Waals surface area contributed by atoms with Gasteiger partial charge in [0.25, 0.3) is 11.9 Å². The van der Waals surface area contributed by atoms with Crippen LogP contribution >= 0.6 is 0 Å². The van der Waals surface area contributed by atoms with Crippen LogP contribution in [0.3, 0.4) is 0 Å². The predicted molar refractivity (Wildman–Crippen MR) is 128 cm³/mol. The van der Waals surface area contributed by atoms with Gasteiger partial charge in [-0.1, -0.05) is 0 Å². The Balaban J connectivity index is 1.65. The molecular formula is C25H27O14+. The molecule has 1 saturated heterocycles. The molecule has 0 spiro atoms. The number of carboxylic acids is 1. The van der Waals surface area contributed by atoms with E-state index in [9.17, 15) is 40.2 Å². The third-order valence-corrected chi connectivity index (χ3v) is 6.09. The maximum atomic E-state index is 11.6. The second kappa shape index (κ2) is 11.2. The highest BCUT2D eigenvalue weighted by Crippen LogP contribution is 2.46. The molecule has 2 aromatic carbocycles. The molecule has 6 atom stereocenters. The molecule has 39 heavy (non-hydrogen) atoms. The van der Waals surface area contributed by atoms with Crippen molar-refractivity contribution in [3.63, 3.8) is 0 Å². The third-order valence-electron chi connectivity index (χ3n) is 6.09. The Morgan fingerprint density at radius 1 is 1.00 bits per heavy atom. The van der Waals surface area contributed by atoms with Crippen molar-refractivity contribution < 1.29 is 69.0 Å². The lowest BCUT2D eigenvalue weighted by Crippen LogP contribution is -2.59. The first-order chi connectivity index (χ1) is 18.5. The van der Waals surface area contributed by atoms with Crippen LogP contribution in [0.4, 0.5) is 0 Å². The molecule has 14 heteroatoms. The summed E-state index contributed by atoms with van der Waals surface area (Å²) in [6.07, 6.45) is -8.91. The second-order valence-electron chi connectivity index (χ2n) is 8.79. The van der Waals surface area contributed by atoms with Crippen molar-refractivity contribution in [2.75, 3.05) is 13.7 Å². The highest BCUT2D eigenvalue weighted by Gasteiger charge is 2.47. The zero-order valence-corrected chi connectivity index (χ0v) is 20.4. The number of methoxy groups -OCH3 is 1. The molecule has 0 saturated carbocycles. The largest absolute Gasteiger partial charge is 0.571 e. The van der Waals surface area contributed by atoms with E-state index in [-0.39, 0.29) is 40.1 Å². The fraction of sp³-hybridized carbons (Fsp3) is 0.360. The molecule has 8 N–H and O–H groups in total. The number of aliphatic hydroxyl groups excluding tert-OH is 3. The number of carbonyl (C=O) groups excluding carboxylic acids is 1. The van der Waals surface area contributed by atoms with E-state index >= 15 is 0 Å². The van der Waals surface area contributed by atoms with Gasteiger partial charge in [0.15, 0.2) is 17.3 Å². The summed E-state index contributed by atoms with van der Waals surface area (Å²) in [5.74, 6) is -2.97. The number of rotatable bonds is 8. The molecule has 2 heterocycles. The standard InChI is InChI=1S/C25H26O14/c1-35-16-4-10(2-3-13(16)27)24-17(7-12-14(28)5-11(26)6-15(12)37-24)38-25-23(34)22(33)21(32)18(39-25)9-36-20(31)8-19(29)30/h2-7,18,21-28,32-34H,8-9H2,1H3,(H,29,30)/p+1/t18-,21+,22+,23-,24?,25-/m1/s1. The van der Waals surface area contributed by atoms with E-state index in [1.165, 1.54) is 37.5 Å². The van der Waals surface area contributed by atoms with Gasteiger partial charge in [0.2, 0.25) is 6.29 Å². The number of benzene rings is 2. The van der Waals surface area contributed by atoms with Crippen LogP contribution in [0, 0.1) is 0 Å². The van der Waals surface area contributed by atoms with Crippen molar-refractivity contribution in [1.29, 1.82) is 0 Å². The van der Waals surface area contributed by atoms with Gasteiger partial charge in [-0.05, 0) is 18.2 Å². The van der Waals surface area contributed by atoms with Crippen LogP contribution in [-0.2, 0) is 23.8 Å². The zero-order valence-electron chi connectivity index (χ0n) is 20.4. The number of fused-ring (bicyclic) bond motifs is 1. The van der Waals surface area contributed by atoms with Gasteiger partial charge in [0, 0.05) is 12.1 Å². The number of aliphatic hydroxyl groups is 4. The summed E-state index contributed by atoms with van der Waals surface area (Å²) in [6.45, 7) is -0.651. The highest BCUT2D eigenvalue weighted by molar-refractivity contribution is 5.90. The Labute approximate surface area is 220 Å². The fourth-order valence-corrected chi connectivity index (χ4v) is 4.12. The van der Waals surface area contributed by atoms with Crippen LogP contribution in [0.25, 0.3) is 6.08 Å². The molecule has 2 aromatic rings. The minimum Gasteiger partial charge on any atom is -0.571 e. The van der Waals surface area contributed by atoms with Gasteiger partial charge in [0.1, 0.15) is 54.5 Å². The number of carboxylic acid groups (broad SMARTS) is 1. The van der Waals surface area contributed by atoms with Gasteiger partial charge in [-0.2, -0.15) is 0 Å². The number of hydrogen-bond acceptors (Lipinski definition) is 12. The number of phenolic OH excluding ortho intramolecular Hbond substituents is 3. The van der Waals surface area contributed by atoms with Crippen LogP contribution in [0.5, 0.6) is 28.7 Å². The van der Waals surface area contributed by atoms with Crippen LogP contribution in [0.2, 0.25) is 0 Å². The first kappa shape index (κ1) is 27.8. The summed E-state index contributed by atoms with van der Waals surface area (Å²) >= 11 is 0. The van der Waals surface area contributed by atoms with Crippen LogP contribution < -0.4 is 4.74 Å². The molecule has 1 unspecified atom stereocenters. The summed E-state index contributed by atoms with van der Waals surface area (Å²) < 4.78 is 26.0. The lowest BCUT2D eigenvalue weighted by molar-refractivity contribution is -0.296. The van der Waals surface area contributed by atoms with Gasteiger partial charge >= 0.3 is 11.9 Å². The van der Waals surface area contributed by atoms with Crippen molar-refractivity contribution in [2.45, 2.75) is 43.2 Å². The van der Waals surface area contributed by atoms with Crippen molar-refractivity contribution in [3.8, 4) is 28.7 Å². The summed E-state index contributed by atoms with van der Waals surface area (Å²) in [5.41, 5.74) is 0.587. The van der Waals surface area contributed by atoms with Gasteiger partial charge < -0.3 is 59.4 Å². The number of hydrogen-bond donors (Lipinski definition) is 7. The lowest BCUT2D eigenvalue weighted by atomic mass is 9.98. The van der Waals surface area contributed by atoms with Crippen molar-refractivity contribution >= 4 is 18.0 Å². The molecule has 4 rings (SSSR count). The van der Waals surface area contributed by atoms with Gasteiger partial charge in [0.05, 0.1) is 18.7 Å². The van der Waals surface area contributed by atoms with Crippen molar-refractivity contribution in [2.24, 2.45) is 0 Å². The van der Waals surface area contributed by atoms with E-state index in [0.717, 1.165) is 6.07 Å². The Morgan fingerprint density at radius 3 is 2.44 bits per heavy atom. The SMILES string of the molecule is COc1cc(C2[OH+]c3cc(O)cc(O)c3C=C2O[C@@H]2O[C@H](COC(=O)CC(=O)O)[C@H](O)[C@H](O)[C@H]2O)ccc1O. The van der Waals surface area contributed by atoms with E-state index < -0.39 is 61.8 Å². The Hall–Kier alpha value is -4.24. The molecule has 0 aliphatic carbocycles. The number of aromatic hydroxyl groups is 4. The molecule has 1 fully saturated rings. The van der Waals surface area contributed by atoms with Crippen molar-refractivity contribution in [1.82, 2.24) is 0 Å². The topological polar surface area (TPSA) is 225 Å². The number of ether oxygens (including phenoxy) is 5. The summed E-state index contributed by atoms with van der Waals surface area (Å²) in [5, 5.41) is 70.3. The minimum absolute atomic E-state index is 0.00880. The Morgan fingerprint density at radius 2 is 1.74 bits per heavy atom. The van der Waals surface area contributed by atoms with E-state index in [4.69, 9.17) is 24.1 Å². The van der Waals surface area contributed by atoms with Gasteiger partial charge in [-0.25, -0.2) is 0 Å². The first-order valence-corrected chi connectivity index (χ1v) is 11.6. The predicted octanol–water partition coefficient (Wildman–Crippen LogP) is -0.00880. The third kappa shape index (κ3) is 5.93. The maximum absolute atomic E-state index is 11.6. The van der Waals surface area contributed by atoms with E-state index in [1.54, 1.807) is 0 Å². The molecule has 210 valence electrons. The molecule has 0 aromatic heterocycles. The molecule has 2 aliphatic heterocycles. The van der Waals surface area contributed by atoms with E-state index in [1.807, 2.05) is 0 Å². The minimum atomic E-state index is -1.81. The van der Waals surface area contributed by atoms with E-state index in [2.05, 4.69) is 4.74 Å². The maximum Gasteiger partial charge on any atom is 0.317 e. The number of aliphatic carboxylic acids is 1. The molecular weight excluding hydrogens is 524 g/mol. The Bertz CT molecular complexity index is 1270. The summed E-state index contributed by atoms with van der Waals surface area (Å²) in [7, 11) is 1.35. The molecule has 0 bridgehead atoms.